The summed E-state index contributed by atoms with van der Waals surface area (Å²) in [6.07, 6.45) is 5.42. The van der Waals surface area contributed by atoms with E-state index < -0.39 is 0 Å². The second-order valence-electron chi connectivity index (χ2n) is 5.57. The number of aromatic nitrogens is 2. The molecule has 0 unspecified atom stereocenters. The molecule has 0 amide bonds. The van der Waals surface area contributed by atoms with E-state index in [0.717, 1.165) is 18.9 Å². The Morgan fingerprint density at radius 1 is 1.35 bits per heavy atom. The van der Waals surface area contributed by atoms with E-state index in [4.69, 9.17) is 0 Å². The van der Waals surface area contributed by atoms with Gasteiger partial charge in [0.15, 0.2) is 0 Å². The summed E-state index contributed by atoms with van der Waals surface area (Å²) < 4.78 is 3.13. The lowest BCUT2D eigenvalue weighted by molar-refractivity contribution is 0.292. The van der Waals surface area contributed by atoms with Crippen LogP contribution in [-0.2, 0) is 13.5 Å². The molecule has 1 heterocycles. The molecule has 1 N–H and O–H groups in total. The fourth-order valence-corrected chi connectivity index (χ4v) is 3.29. The molecule has 1 aromatic carbocycles. The standard InChI is InChI=1S/C16H20BrN3/c1-20-16(6-8-19-20)5-7-18-15-10-13(11-15)12-3-2-4-14(17)9-12/h2-4,6,8-9,13,15,18H,5,7,10-11H2,1H3. The number of hydrogen-bond acceptors (Lipinski definition) is 2. The molecule has 4 heteroatoms. The lowest BCUT2D eigenvalue weighted by Gasteiger charge is -2.36. The first-order chi connectivity index (χ1) is 9.72. The Balaban J connectivity index is 1.41. The molecule has 1 aliphatic rings. The van der Waals surface area contributed by atoms with Crippen molar-refractivity contribution >= 4 is 15.9 Å². The van der Waals surface area contributed by atoms with Gasteiger partial charge >= 0.3 is 0 Å². The van der Waals surface area contributed by atoms with Crippen molar-refractivity contribution in [3.8, 4) is 0 Å². The average Bonchev–Trinajstić information content (AvgIpc) is 2.78. The molecular weight excluding hydrogens is 314 g/mol. The number of rotatable bonds is 5. The molecule has 0 aliphatic heterocycles. The average molecular weight is 334 g/mol. The lowest BCUT2D eigenvalue weighted by atomic mass is 9.76. The van der Waals surface area contributed by atoms with E-state index in [0.29, 0.717) is 6.04 Å². The van der Waals surface area contributed by atoms with Crippen molar-refractivity contribution in [3.05, 3.63) is 52.3 Å². The summed E-state index contributed by atoms with van der Waals surface area (Å²) in [4.78, 5) is 0. The van der Waals surface area contributed by atoms with Gasteiger partial charge in [0.05, 0.1) is 0 Å². The van der Waals surface area contributed by atoms with Crippen LogP contribution in [0.1, 0.15) is 30.0 Å². The minimum absolute atomic E-state index is 0.673. The molecule has 0 radical (unpaired) electrons. The molecule has 1 saturated carbocycles. The lowest BCUT2D eigenvalue weighted by Crippen LogP contribution is -2.41. The fourth-order valence-electron chi connectivity index (χ4n) is 2.87. The highest BCUT2D eigenvalue weighted by molar-refractivity contribution is 9.10. The summed E-state index contributed by atoms with van der Waals surface area (Å²) in [5.74, 6) is 0.724. The van der Waals surface area contributed by atoms with Gasteiger partial charge in [0.2, 0.25) is 0 Å². The fraction of sp³-hybridized carbons (Fsp3) is 0.438. The summed E-state index contributed by atoms with van der Waals surface area (Å²) in [5, 5.41) is 7.84. The van der Waals surface area contributed by atoms with E-state index in [1.165, 1.54) is 28.6 Å². The van der Waals surface area contributed by atoms with E-state index in [-0.39, 0.29) is 0 Å². The monoisotopic (exact) mass is 333 g/mol. The SMILES string of the molecule is Cn1nccc1CCNC1CC(c2cccc(Br)c2)C1. The Morgan fingerprint density at radius 2 is 2.20 bits per heavy atom. The Morgan fingerprint density at radius 3 is 2.90 bits per heavy atom. The molecule has 1 aliphatic carbocycles. The van der Waals surface area contributed by atoms with E-state index in [1.807, 2.05) is 17.9 Å². The van der Waals surface area contributed by atoms with Crippen molar-refractivity contribution < 1.29 is 0 Å². The smallest absolute Gasteiger partial charge is 0.0492 e. The molecule has 0 atom stereocenters. The van der Waals surface area contributed by atoms with Crippen LogP contribution in [0.4, 0.5) is 0 Å². The zero-order chi connectivity index (χ0) is 13.9. The van der Waals surface area contributed by atoms with Gasteiger partial charge in [0.25, 0.3) is 0 Å². The maximum atomic E-state index is 4.19. The van der Waals surface area contributed by atoms with Crippen molar-refractivity contribution in [1.82, 2.24) is 15.1 Å². The van der Waals surface area contributed by atoms with Crippen LogP contribution in [0.2, 0.25) is 0 Å². The number of benzene rings is 1. The van der Waals surface area contributed by atoms with Gasteiger partial charge in [-0.3, -0.25) is 4.68 Å². The van der Waals surface area contributed by atoms with E-state index in [2.05, 4.69) is 56.7 Å². The van der Waals surface area contributed by atoms with Gasteiger partial charge in [-0.05, 0) is 42.5 Å². The highest BCUT2D eigenvalue weighted by Crippen LogP contribution is 2.37. The summed E-state index contributed by atoms with van der Waals surface area (Å²) in [5.41, 5.74) is 2.75. The minimum Gasteiger partial charge on any atom is -0.314 e. The molecule has 0 bridgehead atoms. The first-order valence-corrected chi connectivity index (χ1v) is 7.97. The van der Waals surface area contributed by atoms with Crippen LogP contribution in [0.25, 0.3) is 0 Å². The molecule has 0 spiro atoms. The van der Waals surface area contributed by atoms with Crippen LogP contribution >= 0.6 is 15.9 Å². The van der Waals surface area contributed by atoms with Gasteiger partial charge in [-0.1, -0.05) is 28.1 Å². The molecule has 2 aromatic rings. The number of hydrogen-bond donors (Lipinski definition) is 1. The third kappa shape index (κ3) is 3.13. The van der Waals surface area contributed by atoms with Crippen molar-refractivity contribution in [2.45, 2.75) is 31.2 Å². The molecule has 0 saturated heterocycles. The molecule has 106 valence electrons. The van der Waals surface area contributed by atoms with Crippen molar-refractivity contribution in [2.75, 3.05) is 6.54 Å². The van der Waals surface area contributed by atoms with Crippen LogP contribution in [0.3, 0.4) is 0 Å². The molecule has 20 heavy (non-hydrogen) atoms. The van der Waals surface area contributed by atoms with Crippen LogP contribution in [-0.4, -0.2) is 22.4 Å². The molecule has 3 nitrogen and oxygen atoms in total. The zero-order valence-electron chi connectivity index (χ0n) is 11.7. The van der Waals surface area contributed by atoms with Crippen LogP contribution in [0.15, 0.2) is 41.0 Å². The zero-order valence-corrected chi connectivity index (χ0v) is 13.3. The number of halogens is 1. The third-order valence-electron chi connectivity index (χ3n) is 4.19. The van der Waals surface area contributed by atoms with E-state index >= 15 is 0 Å². The van der Waals surface area contributed by atoms with Gasteiger partial charge in [0, 0.05) is 42.4 Å². The van der Waals surface area contributed by atoms with Gasteiger partial charge in [-0.15, -0.1) is 0 Å². The van der Waals surface area contributed by atoms with E-state index in [9.17, 15) is 0 Å². The van der Waals surface area contributed by atoms with Gasteiger partial charge < -0.3 is 5.32 Å². The van der Waals surface area contributed by atoms with E-state index in [1.54, 1.807) is 0 Å². The van der Waals surface area contributed by atoms with Gasteiger partial charge in [-0.2, -0.15) is 5.10 Å². The van der Waals surface area contributed by atoms with Crippen molar-refractivity contribution in [3.63, 3.8) is 0 Å². The van der Waals surface area contributed by atoms with Gasteiger partial charge in [0.1, 0.15) is 0 Å². The predicted molar refractivity (Wildman–Crippen MR) is 84.8 cm³/mol. The summed E-state index contributed by atoms with van der Waals surface area (Å²) in [7, 11) is 2.00. The number of nitrogens with one attached hydrogen (secondary N) is 1. The highest BCUT2D eigenvalue weighted by Gasteiger charge is 2.29. The Kier molecular flexibility index (Phi) is 4.22. The summed E-state index contributed by atoms with van der Waals surface area (Å²) >= 11 is 3.55. The second kappa shape index (κ2) is 6.10. The highest BCUT2D eigenvalue weighted by atomic mass is 79.9. The normalized spacial score (nSPS) is 21.7. The van der Waals surface area contributed by atoms with Crippen molar-refractivity contribution in [2.24, 2.45) is 7.05 Å². The van der Waals surface area contributed by atoms with Crippen LogP contribution in [0, 0.1) is 0 Å². The molecule has 3 rings (SSSR count). The Hall–Kier alpha value is -1.13. The Labute approximate surface area is 128 Å². The molecule has 1 fully saturated rings. The van der Waals surface area contributed by atoms with Crippen LogP contribution < -0.4 is 5.32 Å². The number of aryl methyl sites for hydroxylation is 1. The first-order valence-electron chi connectivity index (χ1n) is 7.18. The van der Waals surface area contributed by atoms with Crippen LogP contribution in [0.5, 0.6) is 0 Å². The summed E-state index contributed by atoms with van der Waals surface area (Å²) in [6, 6.07) is 11.5. The molecular formula is C16H20BrN3. The Bertz CT molecular complexity index is 573. The van der Waals surface area contributed by atoms with Crippen molar-refractivity contribution in [1.29, 1.82) is 0 Å². The predicted octanol–water partition coefficient (Wildman–Crippen LogP) is 3.26. The topological polar surface area (TPSA) is 29.9 Å². The molecule has 1 aromatic heterocycles. The third-order valence-corrected chi connectivity index (χ3v) is 4.69. The van der Waals surface area contributed by atoms with Gasteiger partial charge in [-0.25, -0.2) is 0 Å². The first kappa shape index (κ1) is 13.8. The largest absolute Gasteiger partial charge is 0.314 e. The maximum absolute atomic E-state index is 4.19. The maximum Gasteiger partial charge on any atom is 0.0492 e. The number of nitrogens with zero attached hydrogens (tertiary/aromatic N) is 2. The summed E-state index contributed by atoms with van der Waals surface area (Å²) in [6.45, 7) is 1.04. The quantitative estimate of drug-likeness (QED) is 0.910. The minimum atomic E-state index is 0.673. The second-order valence-corrected chi connectivity index (χ2v) is 6.49.